The van der Waals surface area contributed by atoms with Crippen molar-refractivity contribution in [2.24, 2.45) is 0 Å². The third-order valence-corrected chi connectivity index (χ3v) is 6.41. The quantitative estimate of drug-likeness (QED) is 0.442. The molecule has 0 radical (unpaired) electrons. The summed E-state index contributed by atoms with van der Waals surface area (Å²) in [5.74, 6) is -0.891. The van der Waals surface area contributed by atoms with Crippen molar-refractivity contribution in [3.8, 4) is 0 Å². The van der Waals surface area contributed by atoms with Crippen LogP contribution in [0.1, 0.15) is 24.0 Å². The van der Waals surface area contributed by atoms with E-state index in [1.54, 1.807) is 18.5 Å². The van der Waals surface area contributed by atoms with E-state index >= 15 is 0 Å². The number of nitrogens with one attached hydrogen (secondary N) is 1. The fourth-order valence-electron chi connectivity index (χ4n) is 3.20. The smallest absolute Gasteiger partial charge is 0.232 e. The highest BCUT2D eigenvalue weighted by Gasteiger charge is 2.21. The topological polar surface area (TPSA) is 79.4 Å². The summed E-state index contributed by atoms with van der Waals surface area (Å²) >= 11 is 3.16. The molecule has 1 aromatic heterocycles. The number of carbonyl (C=O) groups is 1. The Morgan fingerprint density at radius 1 is 1.06 bits per heavy atom. The maximum absolute atomic E-state index is 14.3. The van der Waals surface area contributed by atoms with Gasteiger partial charge in [-0.25, -0.2) is 12.8 Å². The number of anilines is 2. The molecule has 3 rings (SSSR count). The van der Waals surface area contributed by atoms with Crippen LogP contribution in [0.25, 0.3) is 0 Å². The minimum atomic E-state index is -3.70. The molecule has 0 aliphatic carbocycles. The summed E-state index contributed by atoms with van der Waals surface area (Å²) in [6, 6.07) is 15.6. The number of hydrogen-bond acceptors (Lipinski definition) is 4. The Morgan fingerprint density at radius 3 is 2.34 bits per heavy atom. The molecule has 0 aliphatic rings. The van der Waals surface area contributed by atoms with Gasteiger partial charge in [0.2, 0.25) is 15.9 Å². The number of pyridine rings is 1. The third kappa shape index (κ3) is 6.86. The number of carbonyl (C=O) groups excluding carboxylic acids is 1. The van der Waals surface area contributed by atoms with E-state index in [2.05, 4.69) is 26.2 Å². The van der Waals surface area contributed by atoms with E-state index in [4.69, 9.17) is 0 Å². The van der Waals surface area contributed by atoms with Crippen LogP contribution in [0.2, 0.25) is 0 Å². The number of halogens is 2. The normalized spacial score (nSPS) is 11.2. The lowest BCUT2D eigenvalue weighted by molar-refractivity contribution is -0.116. The zero-order chi connectivity index (χ0) is 23.1. The molecule has 0 atom stereocenters. The van der Waals surface area contributed by atoms with Crippen LogP contribution in [0.3, 0.4) is 0 Å². The summed E-state index contributed by atoms with van der Waals surface area (Å²) in [6.07, 6.45) is 5.63. The molecule has 168 valence electrons. The van der Waals surface area contributed by atoms with Gasteiger partial charge in [0.25, 0.3) is 0 Å². The van der Waals surface area contributed by atoms with E-state index in [1.165, 1.54) is 12.1 Å². The van der Waals surface area contributed by atoms with E-state index in [1.807, 2.05) is 36.4 Å². The summed E-state index contributed by atoms with van der Waals surface area (Å²) < 4.78 is 40.0. The van der Waals surface area contributed by atoms with E-state index in [-0.39, 0.29) is 31.0 Å². The van der Waals surface area contributed by atoms with Gasteiger partial charge in [-0.15, -0.1) is 0 Å². The second-order valence-electron chi connectivity index (χ2n) is 7.31. The van der Waals surface area contributed by atoms with E-state index in [0.717, 1.165) is 28.1 Å². The van der Waals surface area contributed by atoms with Crippen molar-refractivity contribution in [1.82, 2.24) is 4.98 Å². The van der Waals surface area contributed by atoms with Crippen LogP contribution in [-0.2, 0) is 21.2 Å². The number of hydrogen-bond donors (Lipinski definition) is 1. The molecule has 3 aromatic rings. The summed E-state index contributed by atoms with van der Waals surface area (Å²) in [6.45, 7) is -0.00429. The summed E-state index contributed by atoms with van der Waals surface area (Å²) in [5.41, 5.74) is 2.87. The molecule has 0 saturated carbocycles. The number of sulfonamides is 1. The SMILES string of the molecule is CS(=O)(=O)N(CCCC(=O)Nc1ccc(Cc2ccncc2)cc1)c1ccc(Br)cc1F. The zero-order valence-corrected chi connectivity index (χ0v) is 19.9. The monoisotopic (exact) mass is 519 g/mol. The number of amides is 1. The van der Waals surface area contributed by atoms with Gasteiger partial charge in [-0.1, -0.05) is 28.1 Å². The average Bonchev–Trinajstić information content (AvgIpc) is 2.73. The first-order valence-electron chi connectivity index (χ1n) is 9.93. The van der Waals surface area contributed by atoms with Crippen molar-refractivity contribution in [1.29, 1.82) is 0 Å². The second kappa shape index (κ2) is 10.7. The van der Waals surface area contributed by atoms with Crippen LogP contribution in [0.4, 0.5) is 15.8 Å². The van der Waals surface area contributed by atoms with Crippen LogP contribution < -0.4 is 9.62 Å². The van der Waals surface area contributed by atoms with E-state index in [9.17, 15) is 17.6 Å². The van der Waals surface area contributed by atoms with Crippen LogP contribution in [0.5, 0.6) is 0 Å². The van der Waals surface area contributed by atoms with Crippen molar-refractivity contribution in [3.05, 3.63) is 88.4 Å². The highest BCUT2D eigenvalue weighted by atomic mass is 79.9. The van der Waals surface area contributed by atoms with Gasteiger partial charge in [-0.3, -0.25) is 14.1 Å². The second-order valence-corrected chi connectivity index (χ2v) is 10.1. The van der Waals surface area contributed by atoms with Crippen LogP contribution in [0.15, 0.2) is 71.5 Å². The fraction of sp³-hybridized carbons (Fsp3) is 0.217. The Bertz CT molecular complexity index is 1170. The molecule has 0 fully saturated rings. The van der Waals surface area contributed by atoms with Crippen molar-refractivity contribution in [2.75, 3.05) is 22.4 Å². The fourth-order valence-corrected chi connectivity index (χ4v) is 4.50. The van der Waals surface area contributed by atoms with E-state index < -0.39 is 15.8 Å². The van der Waals surface area contributed by atoms with Gasteiger partial charge in [0.15, 0.2) is 0 Å². The molecule has 9 heteroatoms. The first-order valence-corrected chi connectivity index (χ1v) is 12.6. The molecule has 2 aromatic carbocycles. The minimum Gasteiger partial charge on any atom is -0.326 e. The zero-order valence-electron chi connectivity index (χ0n) is 17.5. The molecule has 0 unspecified atom stereocenters. The maximum Gasteiger partial charge on any atom is 0.232 e. The molecule has 6 nitrogen and oxygen atoms in total. The Balaban J connectivity index is 1.54. The van der Waals surface area contributed by atoms with Crippen LogP contribution in [-0.4, -0.2) is 32.1 Å². The molecule has 0 bridgehead atoms. The standard InChI is InChI=1S/C23H23BrFN3O3S/c1-32(30,31)28(22-9-6-19(24)16-21(22)25)14-2-3-23(29)27-20-7-4-17(5-8-20)15-18-10-12-26-13-11-18/h4-13,16H,2-3,14-15H2,1H3,(H,27,29). The van der Waals surface area contributed by atoms with Crippen LogP contribution >= 0.6 is 15.9 Å². The number of rotatable bonds is 9. The summed E-state index contributed by atoms with van der Waals surface area (Å²) in [5, 5.41) is 2.81. The predicted molar refractivity (Wildman–Crippen MR) is 128 cm³/mol. The Labute approximate surface area is 195 Å². The summed E-state index contributed by atoms with van der Waals surface area (Å²) in [4.78, 5) is 16.3. The average molecular weight is 520 g/mol. The molecule has 1 N–H and O–H groups in total. The number of nitrogens with zero attached hydrogens (tertiary/aromatic N) is 2. The maximum atomic E-state index is 14.3. The molecule has 32 heavy (non-hydrogen) atoms. The van der Waals surface area contributed by atoms with Gasteiger partial charge in [-0.2, -0.15) is 0 Å². The van der Waals surface area contributed by atoms with Gasteiger partial charge in [0.1, 0.15) is 5.82 Å². The number of benzene rings is 2. The van der Waals surface area contributed by atoms with Gasteiger partial charge in [-0.05, 0) is 66.4 Å². The lowest BCUT2D eigenvalue weighted by atomic mass is 10.1. The Morgan fingerprint density at radius 2 is 1.72 bits per heavy atom. The lowest BCUT2D eigenvalue weighted by Crippen LogP contribution is -2.32. The molecule has 1 heterocycles. The van der Waals surface area contributed by atoms with Gasteiger partial charge in [0, 0.05) is 35.5 Å². The first kappa shape index (κ1) is 23.9. The minimum absolute atomic E-state index is 0.00429. The van der Waals surface area contributed by atoms with Gasteiger partial charge >= 0.3 is 0 Å². The van der Waals surface area contributed by atoms with Crippen molar-refractivity contribution >= 4 is 43.2 Å². The predicted octanol–water partition coefficient (Wildman–Crippen LogP) is 4.76. The van der Waals surface area contributed by atoms with Crippen molar-refractivity contribution < 1.29 is 17.6 Å². The third-order valence-electron chi connectivity index (χ3n) is 4.74. The van der Waals surface area contributed by atoms with Gasteiger partial charge in [0.05, 0.1) is 11.9 Å². The molecule has 0 saturated heterocycles. The molecule has 0 aliphatic heterocycles. The highest BCUT2D eigenvalue weighted by Crippen LogP contribution is 2.25. The number of aromatic nitrogens is 1. The Kier molecular flexibility index (Phi) is 7.98. The van der Waals surface area contributed by atoms with Crippen LogP contribution in [0, 0.1) is 5.82 Å². The molecule has 1 amide bonds. The molecular formula is C23H23BrFN3O3S. The summed E-state index contributed by atoms with van der Waals surface area (Å²) in [7, 11) is -3.70. The highest BCUT2D eigenvalue weighted by molar-refractivity contribution is 9.10. The Hall–Kier alpha value is -2.78. The molecular weight excluding hydrogens is 497 g/mol. The first-order chi connectivity index (χ1) is 15.2. The van der Waals surface area contributed by atoms with Crippen molar-refractivity contribution in [3.63, 3.8) is 0 Å². The molecule has 0 spiro atoms. The largest absolute Gasteiger partial charge is 0.326 e. The lowest BCUT2D eigenvalue weighted by Gasteiger charge is -2.23. The van der Waals surface area contributed by atoms with Crippen molar-refractivity contribution in [2.45, 2.75) is 19.3 Å². The van der Waals surface area contributed by atoms with Gasteiger partial charge < -0.3 is 5.32 Å². The van der Waals surface area contributed by atoms with E-state index in [0.29, 0.717) is 10.2 Å².